The van der Waals surface area contributed by atoms with Gasteiger partial charge in [-0.2, -0.15) is 0 Å². The van der Waals surface area contributed by atoms with Gasteiger partial charge in [-0.3, -0.25) is 4.79 Å². The highest BCUT2D eigenvalue weighted by Crippen LogP contribution is 2.44. The molecule has 1 aliphatic rings. The van der Waals surface area contributed by atoms with Crippen LogP contribution in [0.5, 0.6) is 0 Å². The van der Waals surface area contributed by atoms with Gasteiger partial charge in [0.25, 0.3) is 0 Å². The summed E-state index contributed by atoms with van der Waals surface area (Å²) in [5.41, 5.74) is 4.36. The van der Waals surface area contributed by atoms with Crippen LogP contribution in [-0.4, -0.2) is 35.6 Å². The van der Waals surface area contributed by atoms with Crippen molar-refractivity contribution in [3.63, 3.8) is 0 Å². The summed E-state index contributed by atoms with van der Waals surface area (Å²) in [7, 11) is 0. The fourth-order valence-electron chi connectivity index (χ4n) is 3.42. The number of nitrogens with one attached hydrogen (secondary N) is 1. The van der Waals surface area contributed by atoms with Gasteiger partial charge >= 0.3 is 12.1 Å². The molecule has 146 valence electrons. The van der Waals surface area contributed by atoms with Crippen LogP contribution in [0.1, 0.15) is 37.3 Å². The summed E-state index contributed by atoms with van der Waals surface area (Å²) < 4.78 is 5.34. The zero-order valence-corrected chi connectivity index (χ0v) is 15.8. The fraction of sp³-hybridized carbons (Fsp3) is 0.318. The second-order valence-electron chi connectivity index (χ2n) is 7.19. The van der Waals surface area contributed by atoms with Gasteiger partial charge < -0.3 is 15.2 Å². The molecule has 0 radical (unpaired) electrons. The molecule has 0 saturated carbocycles. The van der Waals surface area contributed by atoms with Gasteiger partial charge in [0, 0.05) is 18.3 Å². The number of rotatable bonds is 7. The van der Waals surface area contributed by atoms with Gasteiger partial charge in [-0.15, -0.1) is 0 Å². The Labute approximate surface area is 163 Å². The maximum Gasteiger partial charge on any atom is 0.407 e. The van der Waals surface area contributed by atoms with Crippen LogP contribution in [0, 0.1) is 5.92 Å². The minimum Gasteiger partial charge on any atom is -0.480 e. The van der Waals surface area contributed by atoms with Crippen molar-refractivity contribution in [1.82, 2.24) is 5.32 Å². The summed E-state index contributed by atoms with van der Waals surface area (Å²) in [4.78, 5) is 35.4. The van der Waals surface area contributed by atoms with Crippen molar-refractivity contribution in [2.45, 2.75) is 32.2 Å². The fourth-order valence-corrected chi connectivity index (χ4v) is 3.42. The van der Waals surface area contributed by atoms with E-state index in [1.807, 2.05) is 48.5 Å². The van der Waals surface area contributed by atoms with Crippen LogP contribution >= 0.6 is 0 Å². The van der Waals surface area contributed by atoms with Crippen LogP contribution < -0.4 is 5.32 Å². The first kappa shape index (κ1) is 19.6. The molecule has 0 aliphatic heterocycles. The van der Waals surface area contributed by atoms with E-state index >= 15 is 0 Å². The van der Waals surface area contributed by atoms with Gasteiger partial charge in [-0.25, -0.2) is 9.59 Å². The van der Waals surface area contributed by atoms with Crippen LogP contribution in [0.2, 0.25) is 0 Å². The molecule has 2 N–H and O–H groups in total. The van der Waals surface area contributed by atoms with E-state index in [2.05, 4.69) is 5.32 Å². The predicted molar refractivity (Wildman–Crippen MR) is 104 cm³/mol. The topological polar surface area (TPSA) is 92.7 Å². The number of carbonyl (C=O) groups is 3. The number of benzene rings is 2. The normalized spacial score (nSPS) is 13.5. The first-order valence-corrected chi connectivity index (χ1v) is 9.25. The predicted octanol–water partition coefficient (Wildman–Crippen LogP) is 3.59. The molecule has 1 atom stereocenters. The number of carbonyl (C=O) groups excluding carboxylic acids is 2. The Kier molecular flexibility index (Phi) is 5.78. The molecular formula is C22H23NO5. The molecule has 6 heteroatoms. The molecule has 0 bridgehead atoms. The van der Waals surface area contributed by atoms with E-state index in [4.69, 9.17) is 4.74 Å². The summed E-state index contributed by atoms with van der Waals surface area (Å²) in [5.74, 6) is -1.90. The molecule has 1 unspecified atom stereocenters. The monoisotopic (exact) mass is 381 g/mol. The van der Waals surface area contributed by atoms with Crippen molar-refractivity contribution in [2.24, 2.45) is 5.92 Å². The second kappa shape index (κ2) is 8.25. The van der Waals surface area contributed by atoms with Gasteiger partial charge in [0.05, 0.1) is 0 Å². The van der Waals surface area contributed by atoms with Gasteiger partial charge in [0.15, 0.2) is 0 Å². The number of amides is 1. The Morgan fingerprint density at radius 1 is 1.00 bits per heavy atom. The first-order chi connectivity index (χ1) is 13.4. The Bertz CT molecular complexity index is 860. The van der Waals surface area contributed by atoms with Crippen LogP contribution in [0.25, 0.3) is 11.1 Å². The third-order valence-electron chi connectivity index (χ3n) is 4.98. The number of ketones is 1. The van der Waals surface area contributed by atoms with E-state index in [1.54, 1.807) is 13.8 Å². The number of fused-ring (bicyclic) bond motifs is 3. The van der Waals surface area contributed by atoms with E-state index in [-0.39, 0.29) is 30.6 Å². The molecule has 1 aliphatic carbocycles. The van der Waals surface area contributed by atoms with Gasteiger partial charge in [0.2, 0.25) is 0 Å². The minimum atomic E-state index is -1.30. The average Bonchev–Trinajstić information content (AvgIpc) is 2.99. The maximum atomic E-state index is 12.2. The van der Waals surface area contributed by atoms with Crippen LogP contribution in [0.4, 0.5) is 4.79 Å². The quantitative estimate of drug-likeness (QED) is 0.764. The first-order valence-electron chi connectivity index (χ1n) is 9.25. The van der Waals surface area contributed by atoms with Gasteiger partial charge in [-0.1, -0.05) is 62.4 Å². The van der Waals surface area contributed by atoms with Gasteiger partial charge in [-0.05, 0) is 22.3 Å². The van der Waals surface area contributed by atoms with E-state index in [9.17, 15) is 19.5 Å². The number of hydrogen-bond donors (Lipinski definition) is 2. The van der Waals surface area contributed by atoms with Crippen molar-refractivity contribution < 1.29 is 24.2 Å². The summed E-state index contributed by atoms with van der Waals surface area (Å²) >= 11 is 0. The molecule has 3 rings (SSSR count). The standard InChI is InChI=1S/C22H23NO5/c1-13(2)20(24)11-19(21(25)26)23-22(27)28-12-18-16-9-5-3-7-14(16)15-8-4-6-10-17(15)18/h3-10,13,18-19H,11-12H2,1-2H3,(H,23,27)(H,25,26). The molecule has 0 aromatic heterocycles. The molecule has 2 aromatic carbocycles. The maximum absolute atomic E-state index is 12.2. The Morgan fingerprint density at radius 2 is 1.54 bits per heavy atom. The number of hydrogen-bond acceptors (Lipinski definition) is 4. The van der Waals surface area contributed by atoms with Gasteiger partial charge in [0.1, 0.15) is 18.4 Å². The molecular weight excluding hydrogens is 358 g/mol. The SMILES string of the molecule is CC(C)C(=O)CC(NC(=O)OCC1c2ccccc2-c2ccccc21)C(=O)O. The molecule has 6 nitrogen and oxygen atoms in total. The molecule has 0 saturated heterocycles. The lowest BCUT2D eigenvalue weighted by atomic mass is 9.98. The lowest BCUT2D eigenvalue weighted by molar-refractivity contribution is -0.141. The molecule has 0 fully saturated rings. The number of aliphatic carboxylic acids is 1. The van der Waals surface area contributed by atoms with E-state index < -0.39 is 18.1 Å². The number of ether oxygens (including phenoxy) is 1. The molecule has 1 amide bonds. The zero-order valence-electron chi connectivity index (χ0n) is 15.8. The molecule has 0 heterocycles. The van der Waals surface area contributed by atoms with Crippen molar-refractivity contribution in [2.75, 3.05) is 6.61 Å². The summed E-state index contributed by atoms with van der Waals surface area (Å²) in [6, 6.07) is 14.6. The number of carboxylic acid groups (broad SMARTS) is 1. The summed E-state index contributed by atoms with van der Waals surface area (Å²) in [6.07, 6.45) is -1.11. The average molecular weight is 381 g/mol. The molecule has 0 spiro atoms. The lowest BCUT2D eigenvalue weighted by Gasteiger charge is -2.17. The van der Waals surface area contributed by atoms with E-state index in [0.29, 0.717) is 0 Å². The van der Waals surface area contributed by atoms with Crippen molar-refractivity contribution in [3.8, 4) is 11.1 Å². The van der Waals surface area contributed by atoms with Crippen LogP contribution in [0.3, 0.4) is 0 Å². The van der Waals surface area contributed by atoms with Crippen molar-refractivity contribution in [1.29, 1.82) is 0 Å². The number of carboxylic acids is 1. The Morgan fingerprint density at radius 3 is 2.04 bits per heavy atom. The number of alkyl carbamates (subject to hydrolysis) is 1. The van der Waals surface area contributed by atoms with Crippen molar-refractivity contribution in [3.05, 3.63) is 59.7 Å². The van der Waals surface area contributed by atoms with E-state index in [1.165, 1.54) is 0 Å². The Balaban J connectivity index is 1.67. The van der Waals surface area contributed by atoms with Crippen molar-refractivity contribution >= 4 is 17.8 Å². The highest BCUT2D eigenvalue weighted by molar-refractivity contribution is 5.89. The lowest BCUT2D eigenvalue weighted by Crippen LogP contribution is -2.43. The minimum absolute atomic E-state index is 0.0876. The smallest absolute Gasteiger partial charge is 0.407 e. The number of Topliss-reactive ketones (excluding diaryl/α,β-unsaturated/α-hetero) is 1. The third kappa shape index (κ3) is 4.06. The molecule has 28 heavy (non-hydrogen) atoms. The summed E-state index contributed by atoms with van der Waals surface area (Å²) in [5, 5.41) is 11.6. The van der Waals surface area contributed by atoms with Crippen LogP contribution in [-0.2, 0) is 14.3 Å². The third-order valence-corrected chi connectivity index (χ3v) is 4.98. The molecule has 2 aromatic rings. The second-order valence-corrected chi connectivity index (χ2v) is 7.19. The highest BCUT2D eigenvalue weighted by atomic mass is 16.5. The van der Waals surface area contributed by atoms with Crippen LogP contribution in [0.15, 0.2) is 48.5 Å². The highest BCUT2D eigenvalue weighted by Gasteiger charge is 2.30. The zero-order chi connectivity index (χ0) is 20.3. The van der Waals surface area contributed by atoms with E-state index in [0.717, 1.165) is 22.3 Å². The summed E-state index contributed by atoms with van der Waals surface area (Å²) in [6.45, 7) is 3.47. The Hall–Kier alpha value is -3.15. The largest absolute Gasteiger partial charge is 0.480 e.